The fourth-order valence-electron chi connectivity index (χ4n) is 3.31. The zero-order chi connectivity index (χ0) is 16.8. The van der Waals surface area contributed by atoms with Crippen molar-refractivity contribution < 1.29 is 4.79 Å². The summed E-state index contributed by atoms with van der Waals surface area (Å²) in [6, 6.07) is 9.91. The first-order chi connectivity index (χ1) is 11.7. The Morgan fingerprint density at radius 2 is 2.25 bits per heavy atom. The van der Waals surface area contributed by atoms with Crippen molar-refractivity contribution in [3.05, 3.63) is 48.3 Å². The van der Waals surface area contributed by atoms with Gasteiger partial charge in [0.15, 0.2) is 0 Å². The number of hydrogen-bond donors (Lipinski definition) is 2. The Hall–Kier alpha value is -2.14. The third-order valence-electron chi connectivity index (χ3n) is 4.79. The Morgan fingerprint density at radius 3 is 2.92 bits per heavy atom. The van der Waals surface area contributed by atoms with Gasteiger partial charge in [-0.15, -0.1) is 0 Å². The molecular weight excluding hydrogens is 300 g/mol. The summed E-state index contributed by atoms with van der Waals surface area (Å²) < 4.78 is 1.88. The van der Waals surface area contributed by atoms with Gasteiger partial charge in [-0.2, -0.15) is 5.10 Å². The van der Waals surface area contributed by atoms with Gasteiger partial charge in [0.1, 0.15) is 0 Å². The molecule has 5 heteroatoms. The summed E-state index contributed by atoms with van der Waals surface area (Å²) in [6.45, 7) is 5.08. The number of amides is 1. The second-order valence-corrected chi connectivity index (χ2v) is 6.74. The van der Waals surface area contributed by atoms with Gasteiger partial charge in [-0.1, -0.05) is 19.1 Å². The molecule has 1 aromatic carbocycles. The Kier molecular flexibility index (Phi) is 5.64. The fraction of sp³-hybridized carbons (Fsp3) is 0.474. The second kappa shape index (κ2) is 8.11. The highest BCUT2D eigenvalue weighted by atomic mass is 16.1. The third-order valence-corrected chi connectivity index (χ3v) is 4.79. The van der Waals surface area contributed by atoms with Gasteiger partial charge in [0.25, 0.3) is 0 Å². The van der Waals surface area contributed by atoms with Crippen LogP contribution in [0.5, 0.6) is 0 Å². The molecule has 2 unspecified atom stereocenters. The summed E-state index contributed by atoms with van der Waals surface area (Å²) in [5, 5.41) is 10.6. The highest BCUT2D eigenvalue weighted by Gasteiger charge is 2.21. The minimum Gasteiger partial charge on any atom is -0.326 e. The van der Waals surface area contributed by atoms with Crippen LogP contribution in [0, 0.1) is 11.8 Å². The molecule has 1 fully saturated rings. The molecule has 0 spiro atoms. The second-order valence-electron chi connectivity index (χ2n) is 6.74. The van der Waals surface area contributed by atoms with E-state index in [1.807, 2.05) is 41.2 Å². The molecule has 5 nitrogen and oxygen atoms in total. The standard InChI is InChI=1S/C19H26N4O/c1-15(17-4-2-9-20-13-17)12-19(24)22-18-7-5-16(6-8-18)14-23-11-3-10-21-23/h3,5-8,10-11,15,17,20H,2,4,9,12-14H2,1H3,(H,22,24). The van der Waals surface area contributed by atoms with Gasteiger partial charge in [-0.3, -0.25) is 9.48 Å². The van der Waals surface area contributed by atoms with E-state index in [0.29, 0.717) is 18.3 Å². The molecule has 1 aliphatic heterocycles. The maximum absolute atomic E-state index is 12.3. The van der Waals surface area contributed by atoms with E-state index in [2.05, 4.69) is 22.7 Å². The zero-order valence-corrected chi connectivity index (χ0v) is 14.2. The van der Waals surface area contributed by atoms with Crippen LogP contribution in [0.3, 0.4) is 0 Å². The summed E-state index contributed by atoms with van der Waals surface area (Å²) in [5.74, 6) is 1.13. The minimum absolute atomic E-state index is 0.105. The average molecular weight is 326 g/mol. The van der Waals surface area contributed by atoms with Crippen LogP contribution in [-0.2, 0) is 11.3 Å². The van der Waals surface area contributed by atoms with Crippen molar-refractivity contribution in [2.24, 2.45) is 11.8 Å². The number of rotatable bonds is 6. The lowest BCUT2D eigenvalue weighted by Crippen LogP contribution is -2.34. The van der Waals surface area contributed by atoms with Crippen molar-refractivity contribution in [2.75, 3.05) is 18.4 Å². The van der Waals surface area contributed by atoms with Crippen LogP contribution < -0.4 is 10.6 Å². The van der Waals surface area contributed by atoms with E-state index >= 15 is 0 Å². The highest BCUT2D eigenvalue weighted by molar-refractivity contribution is 5.90. The minimum atomic E-state index is 0.105. The Morgan fingerprint density at radius 1 is 1.42 bits per heavy atom. The fourth-order valence-corrected chi connectivity index (χ4v) is 3.31. The molecule has 2 aromatic rings. The van der Waals surface area contributed by atoms with Crippen molar-refractivity contribution in [1.82, 2.24) is 15.1 Å². The zero-order valence-electron chi connectivity index (χ0n) is 14.2. The van der Waals surface area contributed by atoms with Gasteiger partial charge >= 0.3 is 0 Å². The van der Waals surface area contributed by atoms with Crippen LogP contribution in [0.2, 0.25) is 0 Å². The molecule has 1 amide bonds. The number of nitrogens with zero attached hydrogens (tertiary/aromatic N) is 2. The van der Waals surface area contributed by atoms with Gasteiger partial charge in [0.2, 0.25) is 5.91 Å². The quantitative estimate of drug-likeness (QED) is 0.858. The van der Waals surface area contributed by atoms with E-state index in [4.69, 9.17) is 0 Å². The Labute approximate surface area is 143 Å². The van der Waals surface area contributed by atoms with Crippen molar-refractivity contribution in [3.63, 3.8) is 0 Å². The lowest BCUT2D eigenvalue weighted by Gasteiger charge is -2.28. The van der Waals surface area contributed by atoms with Crippen LogP contribution in [-0.4, -0.2) is 28.8 Å². The SMILES string of the molecule is CC(CC(=O)Nc1ccc(Cn2cccn2)cc1)C1CCCNC1. The van der Waals surface area contributed by atoms with E-state index in [9.17, 15) is 4.79 Å². The average Bonchev–Trinajstić information content (AvgIpc) is 3.10. The molecule has 2 heterocycles. The van der Waals surface area contributed by atoms with Gasteiger partial charge in [-0.25, -0.2) is 0 Å². The van der Waals surface area contributed by atoms with E-state index in [1.54, 1.807) is 6.20 Å². The highest BCUT2D eigenvalue weighted by Crippen LogP contribution is 2.23. The summed E-state index contributed by atoms with van der Waals surface area (Å²) in [6.07, 6.45) is 6.74. The van der Waals surface area contributed by atoms with E-state index in [1.165, 1.54) is 18.4 Å². The molecule has 0 bridgehead atoms. The first-order valence-electron chi connectivity index (χ1n) is 8.77. The smallest absolute Gasteiger partial charge is 0.224 e. The topological polar surface area (TPSA) is 59.0 Å². The molecular formula is C19H26N4O. The van der Waals surface area contributed by atoms with Gasteiger partial charge in [0, 0.05) is 24.5 Å². The maximum Gasteiger partial charge on any atom is 0.224 e. The number of carbonyl (C=O) groups excluding carboxylic acids is 1. The molecule has 1 aliphatic rings. The molecule has 128 valence electrons. The van der Waals surface area contributed by atoms with Gasteiger partial charge < -0.3 is 10.6 Å². The number of aromatic nitrogens is 2. The number of nitrogens with one attached hydrogen (secondary N) is 2. The summed E-state index contributed by atoms with van der Waals surface area (Å²) in [4.78, 5) is 12.3. The third kappa shape index (κ3) is 4.68. The van der Waals surface area contributed by atoms with Crippen molar-refractivity contribution in [1.29, 1.82) is 0 Å². The van der Waals surface area contributed by atoms with Crippen molar-refractivity contribution >= 4 is 11.6 Å². The lowest BCUT2D eigenvalue weighted by atomic mass is 9.85. The lowest BCUT2D eigenvalue weighted by molar-refractivity contribution is -0.117. The van der Waals surface area contributed by atoms with E-state index in [0.717, 1.165) is 25.3 Å². The molecule has 1 aromatic heterocycles. The van der Waals surface area contributed by atoms with Crippen LogP contribution in [0.1, 0.15) is 31.7 Å². The molecule has 0 aliphatic carbocycles. The number of piperidine rings is 1. The van der Waals surface area contributed by atoms with Gasteiger partial charge in [-0.05, 0) is 61.5 Å². The molecule has 0 radical (unpaired) electrons. The Bertz CT molecular complexity index is 630. The Balaban J connectivity index is 1.48. The summed E-state index contributed by atoms with van der Waals surface area (Å²) in [7, 11) is 0. The van der Waals surface area contributed by atoms with Gasteiger partial charge in [0.05, 0.1) is 6.54 Å². The van der Waals surface area contributed by atoms with Crippen LogP contribution in [0.25, 0.3) is 0 Å². The monoisotopic (exact) mass is 326 g/mol. The van der Waals surface area contributed by atoms with Crippen LogP contribution >= 0.6 is 0 Å². The van der Waals surface area contributed by atoms with E-state index < -0.39 is 0 Å². The first kappa shape index (κ1) is 16.7. The van der Waals surface area contributed by atoms with Crippen molar-refractivity contribution in [3.8, 4) is 0 Å². The van der Waals surface area contributed by atoms with Crippen molar-refractivity contribution in [2.45, 2.75) is 32.7 Å². The number of hydrogen-bond acceptors (Lipinski definition) is 3. The maximum atomic E-state index is 12.3. The molecule has 24 heavy (non-hydrogen) atoms. The molecule has 2 atom stereocenters. The summed E-state index contributed by atoms with van der Waals surface area (Å²) >= 11 is 0. The number of anilines is 1. The molecule has 1 saturated heterocycles. The normalized spacial score (nSPS) is 19.0. The number of carbonyl (C=O) groups is 1. The molecule has 3 rings (SSSR count). The van der Waals surface area contributed by atoms with Crippen LogP contribution in [0.15, 0.2) is 42.7 Å². The largest absolute Gasteiger partial charge is 0.326 e. The van der Waals surface area contributed by atoms with E-state index in [-0.39, 0.29) is 5.91 Å². The number of benzene rings is 1. The predicted octanol–water partition coefficient (Wildman–Crippen LogP) is 2.90. The summed E-state index contributed by atoms with van der Waals surface area (Å²) in [5.41, 5.74) is 2.02. The predicted molar refractivity (Wildman–Crippen MR) is 95.8 cm³/mol. The molecule has 2 N–H and O–H groups in total. The first-order valence-corrected chi connectivity index (χ1v) is 8.77. The molecule has 0 saturated carbocycles. The van der Waals surface area contributed by atoms with Crippen LogP contribution in [0.4, 0.5) is 5.69 Å².